The Bertz CT molecular complexity index is 3660. The van der Waals surface area contributed by atoms with E-state index in [0.29, 0.717) is 0 Å². The molecule has 3 heterocycles. The summed E-state index contributed by atoms with van der Waals surface area (Å²) in [4.78, 5) is 15.9. The van der Waals surface area contributed by atoms with Crippen molar-refractivity contribution in [3.8, 4) is 33.6 Å². The Balaban J connectivity index is 1.12. The van der Waals surface area contributed by atoms with Crippen molar-refractivity contribution in [1.82, 2.24) is 15.0 Å². The predicted octanol–water partition coefficient (Wildman–Crippen LogP) is 14.5. The van der Waals surface area contributed by atoms with Crippen molar-refractivity contribution < 1.29 is 0 Å². The predicted molar refractivity (Wildman–Crippen MR) is 253 cm³/mol. The molecule has 0 spiro atoms. The molecule has 0 saturated heterocycles. The molecule has 0 aliphatic heterocycles. The summed E-state index contributed by atoms with van der Waals surface area (Å²) in [6.07, 6.45) is 1.85. The Hall–Kier alpha value is -8.01. The van der Waals surface area contributed by atoms with Gasteiger partial charge in [0.25, 0.3) is 0 Å². The van der Waals surface area contributed by atoms with Crippen LogP contribution in [0.2, 0.25) is 0 Å². The van der Waals surface area contributed by atoms with Gasteiger partial charge in [-0.25, -0.2) is 9.97 Å². The van der Waals surface area contributed by atoms with Crippen LogP contribution in [0.1, 0.15) is 22.3 Å². The number of rotatable bonds is 4. The van der Waals surface area contributed by atoms with Crippen LogP contribution in [0.3, 0.4) is 0 Å². The molecule has 0 amide bonds. The van der Waals surface area contributed by atoms with E-state index < -0.39 is 5.41 Å². The fourth-order valence-corrected chi connectivity index (χ4v) is 10.7. The summed E-state index contributed by atoms with van der Waals surface area (Å²) in [7, 11) is 0. The lowest BCUT2D eigenvalue weighted by Crippen LogP contribution is -2.28. The van der Waals surface area contributed by atoms with Crippen LogP contribution in [0.4, 0.5) is 0 Å². The SMILES string of the molecule is c1ccc(C2(c3ccccc3)c3ccccc3-c3c2ccc2nc(-c4c5ccccc5c(-c5ccc6ccc7cccnc7c6n5)c5ccccc45)c4ccccc4c32)cc1. The summed E-state index contributed by atoms with van der Waals surface area (Å²) in [6, 6.07) is 74.8. The van der Waals surface area contributed by atoms with Crippen molar-refractivity contribution in [2.24, 2.45) is 0 Å². The second kappa shape index (κ2) is 13.0. The number of aromatic nitrogens is 3. The second-order valence-corrected chi connectivity index (χ2v) is 16.2. The van der Waals surface area contributed by atoms with E-state index in [0.717, 1.165) is 76.8 Å². The first-order valence-electron chi connectivity index (χ1n) is 20.9. The fraction of sp³-hybridized carbons (Fsp3) is 0.0172. The third kappa shape index (κ3) is 4.72. The molecule has 0 N–H and O–H groups in total. The molecule has 1 aliphatic rings. The average Bonchev–Trinajstić information content (AvgIpc) is 3.64. The van der Waals surface area contributed by atoms with Crippen molar-refractivity contribution in [3.05, 3.63) is 235 Å². The molecule has 1 aliphatic carbocycles. The first-order valence-corrected chi connectivity index (χ1v) is 20.9. The number of hydrogen-bond donors (Lipinski definition) is 0. The maximum Gasteiger partial charge on any atom is 0.0972 e. The molecule has 3 aromatic heterocycles. The molecule has 0 unspecified atom stereocenters. The van der Waals surface area contributed by atoms with Gasteiger partial charge in [-0.3, -0.25) is 4.98 Å². The topological polar surface area (TPSA) is 38.7 Å². The van der Waals surface area contributed by atoms with Crippen LogP contribution in [-0.2, 0) is 5.41 Å². The van der Waals surface area contributed by atoms with Gasteiger partial charge in [0.05, 0.1) is 33.4 Å². The van der Waals surface area contributed by atoms with Crippen LogP contribution in [-0.4, -0.2) is 15.0 Å². The van der Waals surface area contributed by atoms with Crippen LogP contribution in [0, 0.1) is 0 Å². The number of fused-ring (bicyclic) bond motifs is 12. The maximum atomic E-state index is 5.77. The smallest absolute Gasteiger partial charge is 0.0972 e. The Morgan fingerprint density at radius 1 is 0.344 bits per heavy atom. The lowest BCUT2D eigenvalue weighted by molar-refractivity contribution is 0.769. The lowest BCUT2D eigenvalue weighted by Gasteiger charge is -2.34. The standard InChI is InChI=1S/C58H35N3/c1-3-17-38(18-4-1)58(39-19-5-2-6-20-39)47-28-14-13-27-46(47)53-48(58)32-34-50-54(53)44-25-11-12-26-45(44)57(61-50)52-42-23-9-7-21-40(42)51(41-22-8-10-24-43(41)52)49-33-31-37-30-29-36-16-15-35-59-55(36)56(37)60-49/h1-35H. The van der Waals surface area contributed by atoms with E-state index in [-0.39, 0.29) is 0 Å². The zero-order chi connectivity index (χ0) is 40.1. The molecule has 3 nitrogen and oxygen atoms in total. The molecule has 0 radical (unpaired) electrons. The van der Waals surface area contributed by atoms with E-state index in [9.17, 15) is 0 Å². The first-order chi connectivity index (χ1) is 30.3. The number of benzene rings is 9. The Morgan fingerprint density at radius 2 is 0.902 bits per heavy atom. The summed E-state index contributed by atoms with van der Waals surface area (Å²) in [5, 5.41) is 10.2. The summed E-state index contributed by atoms with van der Waals surface area (Å²) in [5.74, 6) is 0. The number of hydrogen-bond acceptors (Lipinski definition) is 3. The molecule has 61 heavy (non-hydrogen) atoms. The van der Waals surface area contributed by atoms with Gasteiger partial charge in [0, 0.05) is 38.9 Å². The lowest BCUT2D eigenvalue weighted by atomic mass is 9.67. The highest BCUT2D eigenvalue weighted by atomic mass is 14.8. The highest BCUT2D eigenvalue weighted by Crippen LogP contribution is 2.58. The van der Waals surface area contributed by atoms with Crippen molar-refractivity contribution in [2.45, 2.75) is 5.41 Å². The van der Waals surface area contributed by atoms with Gasteiger partial charge in [-0.05, 0) is 78.5 Å². The van der Waals surface area contributed by atoms with E-state index >= 15 is 0 Å². The van der Waals surface area contributed by atoms with Crippen molar-refractivity contribution in [1.29, 1.82) is 0 Å². The molecular formula is C58H35N3. The molecule has 13 rings (SSSR count). The van der Waals surface area contributed by atoms with Crippen LogP contribution in [0.5, 0.6) is 0 Å². The van der Waals surface area contributed by atoms with Gasteiger partial charge >= 0.3 is 0 Å². The molecule has 282 valence electrons. The van der Waals surface area contributed by atoms with Crippen LogP contribution in [0.15, 0.2) is 212 Å². The van der Waals surface area contributed by atoms with E-state index in [1.165, 1.54) is 44.2 Å². The zero-order valence-electron chi connectivity index (χ0n) is 33.0. The normalized spacial score (nSPS) is 13.0. The maximum absolute atomic E-state index is 5.77. The van der Waals surface area contributed by atoms with E-state index in [1.807, 2.05) is 12.3 Å². The highest BCUT2D eigenvalue weighted by molar-refractivity contribution is 6.26. The minimum atomic E-state index is -0.496. The first kappa shape index (κ1) is 33.9. The molecule has 0 atom stereocenters. The van der Waals surface area contributed by atoms with Gasteiger partial charge in [0.15, 0.2) is 0 Å². The van der Waals surface area contributed by atoms with Gasteiger partial charge < -0.3 is 0 Å². The molecule has 9 aromatic carbocycles. The van der Waals surface area contributed by atoms with Gasteiger partial charge in [0.1, 0.15) is 0 Å². The Labute approximate surface area is 352 Å². The van der Waals surface area contributed by atoms with E-state index in [2.05, 4.69) is 200 Å². The van der Waals surface area contributed by atoms with Crippen LogP contribution >= 0.6 is 0 Å². The van der Waals surface area contributed by atoms with E-state index in [1.54, 1.807) is 0 Å². The van der Waals surface area contributed by atoms with Gasteiger partial charge in [-0.15, -0.1) is 0 Å². The monoisotopic (exact) mass is 773 g/mol. The summed E-state index contributed by atoms with van der Waals surface area (Å²) < 4.78 is 0. The summed E-state index contributed by atoms with van der Waals surface area (Å²) >= 11 is 0. The molecule has 0 bridgehead atoms. The largest absolute Gasteiger partial charge is 0.254 e. The zero-order valence-corrected chi connectivity index (χ0v) is 33.0. The van der Waals surface area contributed by atoms with Crippen molar-refractivity contribution in [3.63, 3.8) is 0 Å². The Kier molecular flexibility index (Phi) is 7.22. The van der Waals surface area contributed by atoms with Gasteiger partial charge in [-0.1, -0.05) is 188 Å². The fourth-order valence-electron chi connectivity index (χ4n) is 10.7. The molecule has 12 aromatic rings. The second-order valence-electron chi connectivity index (χ2n) is 16.2. The molecular weight excluding hydrogens is 739 g/mol. The third-order valence-corrected chi connectivity index (χ3v) is 13.1. The van der Waals surface area contributed by atoms with Crippen molar-refractivity contribution >= 4 is 65.0 Å². The minimum Gasteiger partial charge on any atom is -0.254 e. The quantitative estimate of drug-likeness (QED) is 0.132. The van der Waals surface area contributed by atoms with E-state index in [4.69, 9.17) is 15.0 Å². The number of pyridine rings is 3. The van der Waals surface area contributed by atoms with Crippen LogP contribution < -0.4 is 0 Å². The highest BCUT2D eigenvalue weighted by Gasteiger charge is 2.46. The summed E-state index contributed by atoms with van der Waals surface area (Å²) in [5.41, 5.74) is 14.0. The Morgan fingerprint density at radius 3 is 1.59 bits per heavy atom. The van der Waals surface area contributed by atoms with Gasteiger partial charge in [-0.2, -0.15) is 0 Å². The average molecular weight is 774 g/mol. The van der Waals surface area contributed by atoms with Crippen molar-refractivity contribution in [2.75, 3.05) is 0 Å². The molecule has 0 saturated carbocycles. The molecule has 0 fully saturated rings. The van der Waals surface area contributed by atoms with Gasteiger partial charge in [0.2, 0.25) is 0 Å². The molecule has 3 heteroatoms. The third-order valence-electron chi connectivity index (χ3n) is 13.1. The summed E-state index contributed by atoms with van der Waals surface area (Å²) in [6.45, 7) is 0. The minimum absolute atomic E-state index is 0.496. The van der Waals surface area contributed by atoms with Crippen LogP contribution in [0.25, 0.3) is 98.7 Å². The number of nitrogens with zero attached hydrogens (tertiary/aromatic N) is 3.